The number of guanidine groups is 1. The molecule has 2 rings (SSSR count). The van der Waals surface area contributed by atoms with Crippen molar-refractivity contribution < 1.29 is 18.9 Å². The molecular weight excluding hydrogens is 485 g/mol. The Morgan fingerprint density at radius 2 is 1.62 bits per heavy atom. The number of rotatable bonds is 10. The van der Waals surface area contributed by atoms with Crippen molar-refractivity contribution in [1.82, 2.24) is 10.6 Å². The largest absolute Gasteiger partial charge is 0.494 e. The Labute approximate surface area is 189 Å². The van der Waals surface area contributed by atoms with Crippen molar-refractivity contribution in [3.05, 3.63) is 48.0 Å². The molecular formula is C21H30IN3O4. The van der Waals surface area contributed by atoms with Crippen molar-refractivity contribution >= 4 is 29.9 Å². The van der Waals surface area contributed by atoms with E-state index in [9.17, 15) is 0 Å². The third kappa shape index (κ3) is 7.52. The van der Waals surface area contributed by atoms with Gasteiger partial charge in [-0.15, -0.1) is 24.0 Å². The second-order valence-corrected chi connectivity index (χ2v) is 5.86. The number of aliphatic imine (C=N–C) groups is 1. The van der Waals surface area contributed by atoms with Crippen molar-refractivity contribution in [2.45, 2.75) is 13.0 Å². The van der Waals surface area contributed by atoms with E-state index >= 15 is 0 Å². The van der Waals surface area contributed by atoms with Gasteiger partial charge in [-0.1, -0.05) is 18.2 Å². The van der Waals surface area contributed by atoms with Crippen LogP contribution in [0.5, 0.6) is 23.0 Å². The van der Waals surface area contributed by atoms with E-state index in [0.717, 1.165) is 24.3 Å². The molecule has 7 nitrogen and oxygen atoms in total. The number of nitrogens with one attached hydrogen (secondary N) is 2. The smallest absolute Gasteiger partial charge is 0.203 e. The van der Waals surface area contributed by atoms with E-state index in [1.165, 1.54) is 0 Å². The average molecular weight is 515 g/mol. The van der Waals surface area contributed by atoms with Crippen LogP contribution in [0.25, 0.3) is 0 Å². The molecule has 8 heteroatoms. The Morgan fingerprint density at radius 1 is 0.897 bits per heavy atom. The van der Waals surface area contributed by atoms with Crippen molar-refractivity contribution in [1.29, 1.82) is 0 Å². The molecule has 0 unspecified atom stereocenters. The number of hydrogen-bond donors (Lipinski definition) is 2. The lowest BCUT2D eigenvalue weighted by Gasteiger charge is -2.17. The minimum Gasteiger partial charge on any atom is -0.494 e. The van der Waals surface area contributed by atoms with Crippen molar-refractivity contribution in [2.75, 3.05) is 41.5 Å². The highest BCUT2D eigenvalue weighted by atomic mass is 127. The van der Waals surface area contributed by atoms with Gasteiger partial charge in [-0.25, -0.2) is 0 Å². The maximum Gasteiger partial charge on any atom is 0.203 e. The van der Waals surface area contributed by atoms with Gasteiger partial charge in [0.25, 0.3) is 0 Å². The predicted molar refractivity (Wildman–Crippen MR) is 126 cm³/mol. The summed E-state index contributed by atoms with van der Waals surface area (Å²) in [6, 6.07) is 13.6. The molecule has 0 aliphatic rings. The molecule has 0 atom stereocenters. The Hall–Kier alpha value is -2.36. The molecule has 0 saturated carbocycles. The topological polar surface area (TPSA) is 73.3 Å². The van der Waals surface area contributed by atoms with Crippen LogP contribution >= 0.6 is 24.0 Å². The number of methoxy groups -OCH3 is 3. The molecule has 0 fully saturated rings. The van der Waals surface area contributed by atoms with Gasteiger partial charge >= 0.3 is 0 Å². The first-order valence-electron chi connectivity index (χ1n) is 9.13. The fraction of sp³-hybridized carbons (Fsp3) is 0.381. The van der Waals surface area contributed by atoms with Crippen LogP contribution < -0.4 is 29.6 Å². The van der Waals surface area contributed by atoms with E-state index in [1.54, 1.807) is 28.4 Å². The van der Waals surface area contributed by atoms with Gasteiger partial charge < -0.3 is 29.6 Å². The van der Waals surface area contributed by atoms with Gasteiger partial charge in [0.05, 0.1) is 27.9 Å². The normalized spacial score (nSPS) is 10.6. The van der Waals surface area contributed by atoms with Crippen LogP contribution in [-0.2, 0) is 6.54 Å². The second-order valence-electron chi connectivity index (χ2n) is 5.86. The zero-order valence-electron chi connectivity index (χ0n) is 17.4. The average Bonchev–Trinajstić information content (AvgIpc) is 2.75. The molecule has 160 valence electrons. The van der Waals surface area contributed by atoms with E-state index in [1.807, 2.05) is 42.5 Å². The summed E-state index contributed by atoms with van der Waals surface area (Å²) in [5.74, 6) is 3.43. The standard InChI is InChI=1S/C21H29N3O4.HI/c1-22-21(23-13-8-14-28-17-9-6-5-7-10-17)24-15-16-11-12-18(25-2)20(27-4)19(16)26-3;/h5-7,9-12H,8,13-15H2,1-4H3,(H2,22,23,24);1H. The lowest BCUT2D eigenvalue weighted by atomic mass is 10.1. The maximum absolute atomic E-state index is 5.69. The van der Waals surface area contributed by atoms with Gasteiger partial charge in [-0.3, -0.25) is 4.99 Å². The number of benzene rings is 2. The second kappa shape index (κ2) is 13.8. The van der Waals surface area contributed by atoms with Gasteiger partial charge in [-0.2, -0.15) is 0 Å². The molecule has 2 aromatic carbocycles. The number of para-hydroxylation sites is 1. The lowest BCUT2D eigenvalue weighted by molar-refractivity contribution is 0.311. The SMILES string of the molecule is CN=C(NCCCOc1ccccc1)NCc1ccc(OC)c(OC)c1OC.I. The van der Waals surface area contributed by atoms with Crippen molar-refractivity contribution in [3.8, 4) is 23.0 Å². The Morgan fingerprint density at radius 3 is 2.24 bits per heavy atom. The van der Waals surface area contributed by atoms with Crippen LogP contribution in [0, 0.1) is 0 Å². The van der Waals surface area contributed by atoms with Crippen LogP contribution in [0.15, 0.2) is 47.5 Å². The number of nitrogens with zero attached hydrogens (tertiary/aromatic N) is 1. The summed E-state index contributed by atoms with van der Waals surface area (Å²) < 4.78 is 21.9. The minimum atomic E-state index is 0. The first kappa shape index (κ1) is 24.7. The van der Waals surface area contributed by atoms with Crippen LogP contribution in [0.3, 0.4) is 0 Å². The van der Waals surface area contributed by atoms with Gasteiger partial charge in [0, 0.05) is 25.7 Å². The molecule has 2 N–H and O–H groups in total. The molecule has 0 radical (unpaired) electrons. The van der Waals surface area contributed by atoms with Gasteiger partial charge in [-0.05, 0) is 30.7 Å². The summed E-state index contributed by atoms with van der Waals surface area (Å²) >= 11 is 0. The summed E-state index contributed by atoms with van der Waals surface area (Å²) in [7, 11) is 6.54. The quantitative estimate of drug-likeness (QED) is 0.219. The summed E-state index contributed by atoms with van der Waals surface area (Å²) in [6.07, 6.45) is 0.856. The van der Waals surface area contributed by atoms with Crippen LogP contribution in [0.2, 0.25) is 0 Å². The lowest BCUT2D eigenvalue weighted by Crippen LogP contribution is -2.37. The molecule has 2 aromatic rings. The van der Waals surface area contributed by atoms with Crippen LogP contribution in [0.1, 0.15) is 12.0 Å². The fourth-order valence-electron chi connectivity index (χ4n) is 2.69. The first-order valence-corrected chi connectivity index (χ1v) is 9.13. The molecule has 0 bridgehead atoms. The van der Waals surface area contributed by atoms with E-state index in [0.29, 0.717) is 36.4 Å². The van der Waals surface area contributed by atoms with Gasteiger partial charge in [0.2, 0.25) is 5.75 Å². The molecule has 0 heterocycles. The first-order chi connectivity index (χ1) is 13.7. The number of ether oxygens (including phenoxy) is 4. The van der Waals surface area contributed by atoms with Crippen LogP contribution in [0.4, 0.5) is 0 Å². The molecule has 0 aliphatic heterocycles. The molecule has 0 saturated heterocycles. The van der Waals surface area contributed by atoms with Gasteiger partial charge in [0.15, 0.2) is 17.5 Å². The Balaban J connectivity index is 0.00000420. The molecule has 0 amide bonds. The molecule has 0 aliphatic carbocycles. The summed E-state index contributed by atoms with van der Waals surface area (Å²) in [5, 5.41) is 6.56. The Bertz CT molecular complexity index is 757. The molecule has 0 spiro atoms. The maximum atomic E-state index is 5.69. The third-order valence-corrected chi connectivity index (χ3v) is 4.08. The van der Waals surface area contributed by atoms with Crippen molar-refractivity contribution in [3.63, 3.8) is 0 Å². The monoisotopic (exact) mass is 515 g/mol. The number of halogens is 1. The van der Waals surface area contributed by atoms with E-state index in [-0.39, 0.29) is 24.0 Å². The highest BCUT2D eigenvalue weighted by Gasteiger charge is 2.15. The third-order valence-electron chi connectivity index (χ3n) is 4.08. The predicted octanol–water partition coefficient (Wildman–Crippen LogP) is 3.46. The van der Waals surface area contributed by atoms with E-state index in [4.69, 9.17) is 18.9 Å². The zero-order chi connectivity index (χ0) is 20.2. The number of hydrogen-bond acceptors (Lipinski definition) is 5. The molecule has 29 heavy (non-hydrogen) atoms. The zero-order valence-corrected chi connectivity index (χ0v) is 19.7. The highest BCUT2D eigenvalue weighted by molar-refractivity contribution is 14.0. The minimum absolute atomic E-state index is 0. The van der Waals surface area contributed by atoms with Crippen LogP contribution in [-0.4, -0.2) is 47.5 Å². The summed E-state index contributed by atoms with van der Waals surface area (Å²) in [4.78, 5) is 4.25. The fourth-order valence-corrected chi connectivity index (χ4v) is 2.69. The molecule has 0 aromatic heterocycles. The summed E-state index contributed by atoms with van der Waals surface area (Å²) in [5.41, 5.74) is 0.940. The Kier molecular flexibility index (Phi) is 11.7. The van der Waals surface area contributed by atoms with Gasteiger partial charge in [0.1, 0.15) is 5.75 Å². The van der Waals surface area contributed by atoms with E-state index in [2.05, 4.69) is 15.6 Å². The summed E-state index contributed by atoms with van der Waals surface area (Å²) in [6.45, 7) is 1.91. The van der Waals surface area contributed by atoms with Crippen molar-refractivity contribution in [2.24, 2.45) is 4.99 Å². The highest BCUT2D eigenvalue weighted by Crippen LogP contribution is 2.39. The van der Waals surface area contributed by atoms with E-state index < -0.39 is 0 Å².